The third-order valence-electron chi connectivity index (χ3n) is 3.39. The fraction of sp³-hybridized carbons (Fsp3) is 0.188. The molecule has 0 aliphatic heterocycles. The number of rotatable bonds is 4. The lowest BCUT2D eigenvalue weighted by Crippen LogP contribution is -2.06. The molecule has 104 valence electrons. The Labute approximate surface area is 127 Å². The molecule has 0 radical (unpaired) electrons. The average Bonchev–Trinajstić information content (AvgIpc) is 3.17. The highest BCUT2D eigenvalue weighted by atomic mass is 32.1. The summed E-state index contributed by atoms with van der Waals surface area (Å²) in [6.07, 6.45) is 1.59. The number of benzene rings is 1. The van der Waals surface area contributed by atoms with Gasteiger partial charge in [0.05, 0.1) is 11.4 Å². The summed E-state index contributed by atoms with van der Waals surface area (Å²) in [5, 5.41) is 19.5. The van der Waals surface area contributed by atoms with Gasteiger partial charge in [-0.3, -0.25) is 0 Å². The van der Waals surface area contributed by atoms with E-state index in [1.807, 2.05) is 29.6 Å². The number of hydrogen-bond acceptors (Lipinski definition) is 4. The second kappa shape index (κ2) is 5.90. The highest BCUT2D eigenvalue weighted by molar-refractivity contribution is 7.09. The van der Waals surface area contributed by atoms with Crippen LogP contribution in [0.4, 0.5) is 0 Å². The summed E-state index contributed by atoms with van der Waals surface area (Å²) >= 11 is 1.68. The Morgan fingerprint density at radius 2 is 2.10 bits per heavy atom. The molecule has 0 N–H and O–H groups in total. The summed E-state index contributed by atoms with van der Waals surface area (Å²) in [7, 11) is 0. The molecule has 4 nitrogen and oxygen atoms in total. The van der Waals surface area contributed by atoms with Crippen molar-refractivity contribution < 1.29 is 0 Å². The molecular weight excluding hydrogens is 280 g/mol. The van der Waals surface area contributed by atoms with Gasteiger partial charge in [0.1, 0.15) is 6.07 Å². The molecule has 1 aromatic carbocycles. The Bertz CT molecular complexity index is 781. The van der Waals surface area contributed by atoms with Crippen LogP contribution < -0.4 is 0 Å². The lowest BCUT2D eigenvalue weighted by molar-refractivity contribution is 0.765. The molecule has 0 unspecified atom stereocenters. The fourth-order valence-corrected chi connectivity index (χ4v) is 3.04. The van der Waals surface area contributed by atoms with E-state index >= 15 is 0 Å². The fourth-order valence-electron chi connectivity index (χ4n) is 2.34. The van der Waals surface area contributed by atoms with Gasteiger partial charge in [-0.05, 0) is 29.5 Å². The molecule has 0 bridgehead atoms. The van der Waals surface area contributed by atoms with Crippen LogP contribution in [-0.2, 0) is 12.8 Å². The average molecular weight is 294 g/mol. The SMILES string of the molecule is CCc1ccccc1-n1nnc(C#N)c1Cc1cccs1. The minimum absolute atomic E-state index is 0.398. The van der Waals surface area contributed by atoms with Crippen LogP contribution in [0.2, 0.25) is 0 Å². The topological polar surface area (TPSA) is 54.5 Å². The number of nitrogens with zero attached hydrogens (tertiary/aromatic N) is 4. The van der Waals surface area contributed by atoms with E-state index in [1.165, 1.54) is 10.4 Å². The van der Waals surface area contributed by atoms with E-state index in [1.54, 1.807) is 16.0 Å². The minimum Gasteiger partial charge on any atom is -0.216 e. The number of thiophene rings is 1. The number of aromatic nitrogens is 3. The Hall–Kier alpha value is -2.45. The first-order chi connectivity index (χ1) is 10.3. The van der Waals surface area contributed by atoms with Crippen LogP contribution in [0.1, 0.15) is 28.8 Å². The second-order valence-electron chi connectivity index (χ2n) is 4.65. The maximum Gasteiger partial charge on any atom is 0.186 e. The molecule has 0 aliphatic carbocycles. The van der Waals surface area contributed by atoms with Crippen molar-refractivity contribution in [3.05, 3.63) is 63.6 Å². The summed E-state index contributed by atoms with van der Waals surface area (Å²) in [6.45, 7) is 2.11. The third-order valence-corrected chi connectivity index (χ3v) is 4.27. The molecule has 3 rings (SSSR count). The highest BCUT2D eigenvalue weighted by Crippen LogP contribution is 2.21. The Balaban J connectivity index is 2.11. The van der Waals surface area contributed by atoms with Gasteiger partial charge in [-0.25, -0.2) is 4.68 Å². The Morgan fingerprint density at radius 1 is 1.24 bits per heavy atom. The summed E-state index contributed by atoms with van der Waals surface area (Å²) in [5.74, 6) is 0. The lowest BCUT2D eigenvalue weighted by atomic mass is 10.1. The summed E-state index contributed by atoms with van der Waals surface area (Å²) in [5.41, 5.74) is 3.44. The maximum absolute atomic E-state index is 9.27. The molecule has 3 aromatic rings. The van der Waals surface area contributed by atoms with E-state index in [9.17, 15) is 5.26 Å². The molecule has 5 heteroatoms. The molecule has 0 atom stereocenters. The first kappa shape index (κ1) is 13.5. The van der Waals surface area contributed by atoms with Crippen molar-refractivity contribution in [3.63, 3.8) is 0 Å². The molecule has 21 heavy (non-hydrogen) atoms. The van der Waals surface area contributed by atoms with E-state index in [2.05, 4.69) is 35.4 Å². The lowest BCUT2D eigenvalue weighted by Gasteiger charge is -2.10. The number of nitriles is 1. The van der Waals surface area contributed by atoms with Crippen LogP contribution in [0.3, 0.4) is 0 Å². The Kier molecular flexibility index (Phi) is 3.80. The predicted molar refractivity (Wildman–Crippen MR) is 82.6 cm³/mol. The molecular formula is C16H14N4S. The van der Waals surface area contributed by atoms with E-state index < -0.39 is 0 Å². The van der Waals surface area contributed by atoms with Gasteiger partial charge in [0, 0.05) is 11.3 Å². The van der Waals surface area contributed by atoms with E-state index in [0.29, 0.717) is 12.1 Å². The van der Waals surface area contributed by atoms with Gasteiger partial charge in [0.25, 0.3) is 0 Å². The summed E-state index contributed by atoms with van der Waals surface area (Å²) in [4.78, 5) is 1.20. The molecule has 0 aliphatic rings. The standard InChI is InChI=1S/C16H14N4S/c1-2-12-6-3-4-8-15(12)20-16(14(11-17)18-19-20)10-13-7-5-9-21-13/h3-9H,2,10H2,1H3. The van der Waals surface area contributed by atoms with Gasteiger partial charge < -0.3 is 0 Å². The van der Waals surface area contributed by atoms with Crippen molar-refractivity contribution in [1.82, 2.24) is 15.0 Å². The van der Waals surface area contributed by atoms with Crippen LogP contribution >= 0.6 is 11.3 Å². The second-order valence-corrected chi connectivity index (χ2v) is 5.68. The minimum atomic E-state index is 0.398. The molecule has 0 amide bonds. The molecule has 0 saturated heterocycles. The van der Waals surface area contributed by atoms with Gasteiger partial charge in [-0.2, -0.15) is 5.26 Å². The smallest absolute Gasteiger partial charge is 0.186 e. The van der Waals surface area contributed by atoms with Crippen molar-refractivity contribution in [2.45, 2.75) is 19.8 Å². The molecule has 0 fully saturated rings. The van der Waals surface area contributed by atoms with Crippen LogP contribution in [-0.4, -0.2) is 15.0 Å². The van der Waals surface area contributed by atoms with Crippen molar-refractivity contribution in [2.75, 3.05) is 0 Å². The highest BCUT2D eigenvalue weighted by Gasteiger charge is 2.16. The summed E-state index contributed by atoms with van der Waals surface area (Å²) < 4.78 is 1.80. The number of para-hydroxylation sites is 1. The van der Waals surface area contributed by atoms with Crippen LogP contribution in [0.5, 0.6) is 0 Å². The zero-order chi connectivity index (χ0) is 14.7. The van der Waals surface area contributed by atoms with Crippen molar-refractivity contribution >= 4 is 11.3 Å². The van der Waals surface area contributed by atoms with Gasteiger partial charge in [0.2, 0.25) is 0 Å². The van der Waals surface area contributed by atoms with Gasteiger partial charge in [0.15, 0.2) is 5.69 Å². The van der Waals surface area contributed by atoms with E-state index in [0.717, 1.165) is 17.8 Å². The summed E-state index contributed by atoms with van der Waals surface area (Å²) in [6, 6.07) is 14.3. The van der Waals surface area contributed by atoms with Crippen molar-refractivity contribution in [1.29, 1.82) is 5.26 Å². The monoisotopic (exact) mass is 294 g/mol. The largest absolute Gasteiger partial charge is 0.216 e. The van der Waals surface area contributed by atoms with Gasteiger partial charge in [-0.1, -0.05) is 36.4 Å². The molecule has 2 heterocycles. The van der Waals surface area contributed by atoms with Crippen molar-refractivity contribution in [3.8, 4) is 11.8 Å². The molecule has 0 saturated carbocycles. The normalized spacial score (nSPS) is 10.5. The Morgan fingerprint density at radius 3 is 2.81 bits per heavy atom. The first-order valence-corrected chi connectivity index (χ1v) is 7.66. The maximum atomic E-state index is 9.27. The van der Waals surface area contributed by atoms with E-state index in [4.69, 9.17) is 0 Å². The molecule has 0 spiro atoms. The number of hydrogen-bond donors (Lipinski definition) is 0. The van der Waals surface area contributed by atoms with Crippen molar-refractivity contribution in [2.24, 2.45) is 0 Å². The number of aryl methyl sites for hydroxylation is 1. The van der Waals surface area contributed by atoms with Crippen LogP contribution in [0.15, 0.2) is 41.8 Å². The zero-order valence-corrected chi connectivity index (χ0v) is 12.5. The van der Waals surface area contributed by atoms with Crippen LogP contribution in [0, 0.1) is 11.3 Å². The van der Waals surface area contributed by atoms with Crippen LogP contribution in [0.25, 0.3) is 5.69 Å². The third kappa shape index (κ3) is 2.58. The zero-order valence-electron chi connectivity index (χ0n) is 11.7. The van der Waals surface area contributed by atoms with E-state index in [-0.39, 0.29) is 0 Å². The van der Waals surface area contributed by atoms with Gasteiger partial charge >= 0.3 is 0 Å². The first-order valence-electron chi connectivity index (χ1n) is 6.78. The predicted octanol–water partition coefficient (Wildman–Crippen LogP) is 3.35. The molecule has 2 aromatic heterocycles. The van der Waals surface area contributed by atoms with Gasteiger partial charge in [-0.15, -0.1) is 16.4 Å². The quantitative estimate of drug-likeness (QED) is 0.741.